The van der Waals surface area contributed by atoms with Crippen molar-refractivity contribution in [3.63, 3.8) is 0 Å². The van der Waals surface area contributed by atoms with Crippen molar-refractivity contribution in [3.8, 4) is 11.3 Å². The molecule has 1 amide bonds. The van der Waals surface area contributed by atoms with Crippen LogP contribution in [0.3, 0.4) is 0 Å². The summed E-state index contributed by atoms with van der Waals surface area (Å²) in [6.07, 6.45) is 0. The van der Waals surface area contributed by atoms with Gasteiger partial charge in [0.05, 0.1) is 17.5 Å². The molecule has 0 fully saturated rings. The molecule has 1 heterocycles. The van der Waals surface area contributed by atoms with Gasteiger partial charge in [0.1, 0.15) is 0 Å². The maximum atomic E-state index is 12.2. The van der Waals surface area contributed by atoms with E-state index in [1.165, 1.54) is 17.3 Å². The fourth-order valence-electron chi connectivity index (χ4n) is 2.42. The second kappa shape index (κ2) is 8.32. The van der Waals surface area contributed by atoms with Crippen molar-refractivity contribution >= 4 is 29.0 Å². The molecule has 5 heteroatoms. The number of hydrogen-bond donors (Lipinski definition) is 1. The summed E-state index contributed by atoms with van der Waals surface area (Å²) in [4.78, 5) is 16.8. The molecule has 3 aromatic rings. The van der Waals surface area contributed by atoms with Crippen LogP contribution in [0.25, 0.3) is 11.3 Å². The van der Waals surface area contributed by atoms with Crippen LogP contribution in [0, 0.1) is 6.92 Å². The molecular weight excluding hydrogens is 348 g/mol. The van der Waals surface area contributed by atoms with E-state index in [9.17, 15) is 4.79 Å². The Labute approximate surface area is 156 Å². The van der Waals surface area contributed by atoms with Crippen molar-refractivity contribution in [2.75, 3.05) is 5.75 Å². The summed E-state index contributed by atoms with van der Waals surface area (Å²) in [5, 5.41) is 5.07. The van der Waals surface area contributed by atoms with Crippen molar-refractivity contribution in [1.82, 2.24) is 10.3 Å². The van der Waals surface area contributed by atoms with Crippen molar-refractivity contribution in [2.24, 2.45) is 0 Å². The second-order valence-electron chi connectivity index (χ2n) is 5.85. The Morgan fingerprint density at radius 1 is 1.16 bits per heavy atom. The summed E-state index contributed by atoms with van der Waals surface area (Å²) in [5.74, 6) is 0.395. The lowest BCUT2D eigenvalue weighted by atomic mass is 10.1. The highest BCUT2D eigenvalue weighted by molar-refractivity contribution is 8.01. The Morgan fingerprint density at radius 3 is 2.60 bits per heavy atom. The van der Waals surface area contributed by atoms with Crippen molar-refractivity contribution in [2.45, 2.75) is 24.2 Å². The molecule has 0 saturated carbocycles. The maximum Gasteiger partial charge on any atom is 0.230 e. The van der Waals surface area contributed by atoms with E-state index in [2.05, 4.69) is 41.5 Å². The summed E-state index contributed by atoms with van der Waals surface area (Å²) >= 11 is 3.06. The van der Waals surface area contributed by atoms with E-state index in [0.717, 1.165) is 21.2 Å². The molecule has 0 saturated heterocycles. The predicted octanol–water partition coefficient (Wildman–Crippen LogP) is 5.09. The average molecular weight is 369 g/mol. The Bertz CT molecular complexity index is 828. The van der Waals surface area contributed by atoms with Crippen LogP contribution in [-0.4, -0.2) is 16.6 Å². The SMILES string of the molecule is Cc1ccc(-c2csc(SCC(=O)N[C@@H](C)c3ccccc3)n2)cc1. The Kier molecular flexibility index (Phi) is 5.89. The monoisotopic (exact) mass is 368 g/mol. The zero-order valence-corrected chi connectivity index (χ0v) is 15.9. The first-order valence-corrected chi connectivity index (χ1v) is 9.98. The van der Waals surface area contributed by atoms with E-state index in [-0.39, 0.29) is 11.9 Å². The first-order valence-electron chi connectivity index (χ1n) is 8.11. The normalized spacial score (nSPS) is 11.9. The fraction of sp³-hybridized carbons (Fsp3) is 0.200. The average Bonchev–Trinajstić information content (AvgIpc) is 3.10. The molecule has 0 spiro atoms. The molecule has 1 N–H and O–H groups in total. The van der Waals surface area contributed by atoms with Crippen LogP contribution in [0.2, 0.25) is 0 Å². The lowest BCUT2D eigenvalue weighted by Crippen LogP contribution is -2.28. The van der Waals surface area contributed by atoms with Crippen LogP contribution in [-0.2, 0) is 4.79 Å². The van der Waals surface area contributed by atoms with Crippen LogP contribution in [0.1, 0.15) is 24.1 Å². The quantitative estimate of drug-likeness (QED) is 0.616. The first-order chi connectivity index (χ1) is 12.1. The number of thiazole rings is 1. The highest BCUT2D eigenvalue weighted by atomic mass is 32.2. The number of aromatic nitrogens is 1. The lowest BCUT2D eigenvalue weighted by Gasteiger charge is -2.13. The molecule has 0 aliphatic rings. The van der Waals surface area contributed by atoms with Gasteiger partial charge in [-0.15, -0.1) is 11.3 Å². The van der Waals surface area contributed by atoms with Gasteiger partial charge in [0.25, 0.3) is 0 Å². The second-order valence-corrected chi connectivity index (χ2v) is 7.93. The van der Waals surface area contributed by atoms with Crippen LogP contribution < -0.4 is 5.32 Å². The molecule has 1 aromatic heterocycles. The van der Waals surface area contributed by atoms with Crippen molar-refractivity contribution in [3.05, 3.63) is 71.1 Å². The third kappa shape index (κ3) is 4.94. The van der Waals surface area contributed by atoms with Crippen LogP contribution in [0.15, 0.2) is 64.3 Å². The van der Waals surface area contributed by atoms with Crippen molar-refractivity contribution < 1.29 is 4.79 Å². The molecule has 3 nitrogen and oxygen atoms in total. The number of nitrogens with zero attached hydrogens (tertiary/aromatic N) is 1. The van der Waals surface area contributed by atoms with E-state index in [1.54, 1.807) is 11.3 Å². The summed E-state index contributed by atoms with van der Waals surface area (Å²) < 4.78 is 0.915. The van der Waals surface area contributed by atoms with E-state index in [1.807, 2.05) is 42.6 Å². The van der Waals surface area contributed by atoms with Gasteiger partial charge in [-0.3, -0.25) is 4.79 Å². The Balaban J connectivity index is 1.53. The molecular formula is C20H20N2OS2. The van der Waals surface area contributed by atoms with E-state index >= 15 is 0 Å². The first kappa shape index (κ1) is 17.7. The standard InChI is InChI=1S/C20H20N2OS2/c1-14-8-10-17(11-9-14)18-12-24-20(22-18)25-13-19(23)21-15(2)16-6-4-3-5-7-16/h3-12,15H,13H2,1-2H3,(H,21,23)/t15-/m0/s1. The summed E-state index contributed by atoms with van der Waals surface area (Å²) in [7, 11) is 0. The van der Waals surface area contributed by atoms with Crippen LogP contribution in [0.4, 0.5) is 0 Å². The molecule has 3 rings (SSSR count). The van der Waals surface area contributed by atoms with Gasteiger partial charge in [0.15, 0.2) is 4.34 Å². The lowest BCUT2D eigenvalue weighted by molar-refractivity contribution is -0.119. The van der Waals surface area contributed by atoms with Gasteiger partial charge in [-0.05, 0) is 19.4 Å². The summed E-state index contributed by atoms with van der Waals surface area (Å²) in [5.41, 5.74) is 4.41. The number of thioether (sulfide) groups is 1. The van der Waals surface area contributed by atoms with Gasteiger partial charge in [-0.2, -0.15) is 0 Å². The summed E-state index contributed by atoms with van der Waals surface area (Å²) in [6.45, 7) is 4.07. The predicted molar refractivity (Wildman–Crippen MR) is 106 cm³/mol. The smallest absolute Gasteiger partial charge is 0.230 e. The molecule has 0 bridgehead atoms. The number of hydrogen-bond acceptors (Lipinski definition) is 4. The number of carbonyl (C=O) groups excluding carboxylic acids is 1. The highest BCUT2D eigenvalue weighted by Gasteiger charge is 2.11. The Morgan fingerprint density at radius 2 is 1.88 bits per heavy atom. The molecule has 2 aromatic carbocycles. The molecule has 0 unspecified atom stereocenters. The zero-order valence-electron chi connectivity index (χ0n) is 14.2. The molecule has 1 atom stereocenters. The van der Waals surface area contributed by atoms with Gasteiger partial charge >= 0.3 is 0 Å². The largest absolute Gasteiger partial charge is 0.349 e. The number of aryl methyl sites for hydroxylation is 1. The number of nitrogens with one attached hydrogen (secondary N) is 1. The van der Waals surface area contributed by atoms with Gasteiger partial charge in [-0.1, -0.05) is 71.9 Å². The molecule has 0 aliphatic heterocycles. The van der Waals surface area contributed by atoms with Gasteiger partial charge in [-0.25, -0.2) is 4.98 Å². The van der Waals surface area contributed by atoms with E-state index < -0.39 is 0 Å². The van der Waals surface area contributed by atoms with Gasteiger partial charge in [0.2, 0.25) is 5.91 Å². The highest BCUT2D eigenvalue weighted by Crippen LogP contribution is 2.28. The summed E-state index contributed by atoms with van der Waals surface area (Å²) in [6, 6.07) is 18.3. The topological polar surface area (TPSA) is 42.0 Å². The number of rotatable bonds is 6. The van der Waals surface area contributed by atoms with E-state index in [0.29, 0.717) is 5.75 Å². The molecule has 0 radical (unpaired) electrons. The minimum atomic E-state index is 0.00807. The van der Waals surface area contributed by atoms with Gasteiger partial charge < -0.3 is 5.32 Å². The number of carbonyl (C=O) groups is 1. The Hall–Kier alpha value is -2.11. The molecule has 0 aliphatic carbocycles. The maximum absolute atomic E-state index is 12.2. The third-order valence-corrected chi connectivity index (χ3v) is 5.86. The fourth-order valence-corrected chi connectivity index (χ4v) is 4.06. The van der Waals surface area contributed by atoms with Crippen molar-refractivity contribution in [1.29, 1.82) is 0 Å². The van der Waals surface area contributed by atoms with Crippen LogP contribution in [0.5, 0.6) is 0 Å². The van der Waals surface area contributed by atoms with E-state index in [4.69, 9.17) is 0 Å². The zero-order chi connectivity index (χ0) is 17.6. The van der Waals surface area contributed by atoms with Crippen LogP contribution >= 0.6 is 23.1 Å². The number of benzene rings is 2. The molecule has 128 valence electrons. The minimum absolute atomic E-state index is 0.00807. The number of amides is 1. The minimum Gasteiger partial charge on any atom is -0.349 e. The third-order valence-electron chi connectivity index (χ3n) is 3.83. The molecule has 25 heavy (non-hydrogen) atoms. The van der Waals surface area contributed by atoms with Gasteiger partial charge in [0, 0.05) is 10.9 Å².